The third-order valence-electron chi connectivity index (χ3n) is 12.2. The molecule has 0 atom stereocenters. The number of aromatic amines is 2. The molecule has 2 aromatic carbocycles. The summed E-state index contributed by atoms with van der Waals surface area (Å²) in [6.07, 6.45) is 17.7. The summed E-state index contributed by atoms with van der Waals surface area (Å²) >= 11 is 6.68. The highest BCUT2D eigenvalue weighted by Crippen LogP contribution is 2.41. The molecule has 4 aromatic heterocycles. The van der Waals surface area contributed by atoms with E-state index in [4.69, 9.17) is 9.47 Å². The summed E-state index contributed by atoms with van der Waals surface area (Å²) in [5.74, 6) is 2.16. The maximum Gasteiger partial charge on any atom is 0.407 e. The van der Waals surface area contributed by atoms with Gasteiger partial charge in [0.15, 0.2) is 0 Å². The maximum atomic E-state index is 13.2. The molecule has 5 N–H and O–H groups in total. The summed E-state index contributed by atoms with van der Waals surface area (Å²) < 4.78 is 64.6. The Morgan fingerprint density at radius 2 is 1.24 bits per heavy atom. The quantitative estimate of drug-likeness (QED) is 0.0643. The van der Waals surface area contributed by atoms with Crippen molar-refractivity contribution in [2.24, 2.45) is 0 Å². The topological polar surface area (TPSA) is 247 Å². The van der Waals surface area contributed by atoms with E-state index in [1.165, 1.54) is 53.1 Å². The fourth-order valence-electron chi connectivity index (χ4n) is 8.36. The Labute approximate surface area is 451 Å². The second kappa shape index (κ2) is 26.5. The highest BCUT2D eigenvalue weighted by molar-refractivity contribution is 9.11. The lowest BCUT2D eigenvalue weighted by Crippen LogP contribution is -2.38. The van der Waals surface area contributed by atoms with E-state index in [-0.39, 0.29) is 47.3 Å². The Morgan fingerprint density at radius 3 is 1.74 bits per heavy atom. The molecule has 0 saturated heterocycles. The van der Waals surface area contributed by atoms with Crippen molar-refractivity contribution >= 4 is 82.5 Å². The number of sulfonamides is 2. The first-order valence-electron chi connectivity index (χ1n) is 24.4. The first kappa shape index (κ1) is 58.0. The summed E-state index contributed by atoms with van der Waals surface area (Å²) in [6, 6.07) is 11.1. The first-order chi connectivity index (χ1) is 35.1. The number of carbonyl (C=O) groups is 2. The van der Waals surface area contributed by atoms with E-state index < -0.39 is 20.0 Å². The number of nitrogens with zero attached hydrogens (tertiary/aromatic N) is 6. The van der Waals surface area contributed by atoms with Crippen LogP contribution in [0, 0.1) is 6.92 Å². The van der Waals surface area contributed by atoms with Crippen LogP contribution in [0.25, 0.3) is 10.4 Å². The van der Waals surface area contributed by atoms with Crippen LogP contribution in [0.2, 0.25) is 0 Å². The molecule has 74 heavy (non-hydrogen) atoms. The minimum Gasteiger partial charge on any atom is -0.447 e. The molecular formula is C50H68BrN11O8S4. The number of anilines is 2. The summed E-state index contributed by atoms with van der Waals surface area (Å²) in [5, 5.41) is 11.2. The molecule has 0 radical (unpaired) electrons. The molecule has 19 nitrogen and oxygen atoms in total. The van der Waals surface area contributed by atoms with Gasteiger partial charge in [-0.25, -0.2) is 55.0 Å². The lowest BCUT2D eigenvalue weighted by atomic mass is 9.86. The van der Waals surface area contributed by atoms with Crippen LogP contribution in [-0.2, 0) is 35.9 Å². The van der Waals surface area contributed by atoms with E-state index in [0.29, 0.717) is 34.4 Å². The number of carbonyl (C=O) groups excluding carboxylic acids is 2. The van der Waals surface area contributed by atoms with Gasteiger partial charge in [0, 0.05) is 101 Å². The third kappa shape index (κ3) is 16.4. The van der Waals surface area contributed by atoms with Gasteiger partial charge in [-0.15, -0.1) is 22.7 Å². The van der Waals surface area contributed by atoms with Crippen LogP contribution in [-0.4, -0.2) is 120 Å². The zero-order valence-corrected chi connectivity index (χ0v) is 48.1. The normalized spacial score (nSPS) is 18.0. The molecule has 0 spiro atoms. The fourth-order valence-corrected chi connectivity index (χ4v) is 13.3. The van der Waals surface area contributed by atoms with Crippen LogP contribution in [0.15, 0.2) is 87.2 Å². The van der Waals surface area contributed by atoms with Gasteiger partial charge in [0.25, 0.3) is 0 Å². The number of halogens is 1. The average molecular weight is 1160 g/mol. The Morgan fingerprint density at radius 1 is 0.703 bits per heavy atom. The number of ether oxygens (including phenoxy) is 2. The molecule has 6 aromatic rings. The summed E-state index contributed by atoms with van der Waals surface area (Å²) in [6.45, 7) is 9.17. The molecule has 0 aliphatic heterocycles. The zero-order chi connectivity index (χ0) is 53.7. The van der Waals surface area contributed by atoms with Crippen molar-refractivity contribution < 1.29 is 35.9 Å². The minimum absolute atomic E-state index is 0.0657. The third-order valence-corrected chi connectivity index (χ3v) is 18.8. The number of hydrogen-bond acceptors (Lipinski definition) is 15. The highest BCUT2D eigenvalue weighted by Gasteiger charge is 2.29. The Hall–Kier alpha value is -5.24. The van der Waals surface area contributed by atoms with E-state index in [1.807, 2.05) is 52.1 Å². The lowest BCUT2D eigenvalue weighted by Gasteiger charge is -2.28. The second-order valence-electron chi connectivity index (χ2n) is 19.0. The molecule has 2 amide bonds. The van der Waals surface area contributed by atoms with Crippen molar-refractivity contribution in [1.29, 1.82) is 0 Å². The molecule has 0 unspecified atom stereocenters. The summed E-state index contributed by atoms with van der Waals surface area (Å²) in [5.41, 5.74) is 2.89. The van der Waals surface area contributed by atoms with Gasteiger partial charge in [0.2, 0.25) is 26.0 Å². The number of thiazole rings is 2. The number of benzene rings is 2. The minimum atomic E-state index is -3.71. The van der Waals surface area contributed by atoms with E-state index >= 15 is 0 Å². The van der Waals surface area contributed by atoms with Crippen molar-refractivity contribution in [1.82, 2.24) is 49.1 Å². The van der Waals surface area contributed by atoms with Crippen LogP contribution in [0.5, 0.6) is 0 Å². The van der Waals surface area contributed by atoms with Crippen LogP contribution < -0.4 is 16.0 Å². The predicted octanol–water partition coefficient (Wildman–Crippen LogP) is 10.3. The number of rotatable bonds is 15. The number of hydrogen-bond donors (Lipinski definition) is 5. The Bertz CT molecular complexity index is 2970. The van der Waals surface area contributed by atoms with Crippen molar-refractivity contribution in [2.45, 2.75) is 138 Å². The average Bonchev–Trinajstić information content (AvgIpc) is 4.21. The van der Waals surface area contributed by atoms with Gasteiger partial charge >= 0.3 is 12.2 Å². The number of H-pyrrole nitrogens is 2. The molecule has 2 saturated carbocycles. The molecule has 24 heteroatoms. The van der Waals surface area contributed by atoms with Crippen LogP contribution in [0.4, 0.5) is 21.2 Å². The fraction of sp³-hybridized carbons (Fsp3) is 0.480. The summed E-state index contributed by atoms with van der Waals surface area (Å²) in [7, 11) is -1.00. The molecular weight excluding hydrogens is 1090 g/mol. The van der Waals surface area contributed by atoms with Gasteiger partial charge < -0.3 is 35.4 Å². The molecule has 8 rings (SSSR count). The van der Waals surface area contributed by atoms with E-state index in [2.05, 4.69) is 61.8 Å². The lowest BCUT2D eigenvalue weighted by molar-refractivity contribution is 0.108. The van der Waals surface area contributed by atoms with Gasteiger partial charge in [-0.05, 0) is 131 Å². The molecule has 2 aliphatic rings. The highest BCUT2D eigenvalue weighted by atomic mass is 79.9. The first-order valence-corrected chi connectivity index (χ1v) is 29.7. The van der Waals surface area contributed by atoms with E-state index in [0.717, 1.165) is 82.0 Å². The van der Waals surface area contributed by atoms with Gasteiger partial charge in [-0.1, -0.05) is 18.2 Å². The number of imidazole rings is 2. The Kier molecular flexibility index (Phi) is 20.8. The van der Waals surface area contributed by atoms with Crippen molar-refractivity contribution in [3.63, 3.8) is 0 Å². The van der Waals surface area contributed by atoms with Crippen molar-refractivity contribution in [3.8, 4) is 10.4 Å². The largest absolute Gasteiger partial charge is 0.447 e. The zero-order valence-electron chi connectivity index (χ0n) is 43.2. The summed E-state index contributed by atoms with van der Waals surface area (Å²) in [4.78, 5) is 48.1. The second-order valence-corrected chi connectivity index (χ2v) is 26.8. The number of nitrogens with one attached hydrogen (secondary N) is 5. The van der Waals surface area contributed by atoms with Crippen molar-refractivity contribution in [2.75, 3.05) is 33.5 Å². The number of alkyl carbamates (subject to hydrolysis) is 2. The molecule has 402 valence electrons. The smallest absolute Gasteiger partial charge is 0.407 e. The van der Waals surface area contributed by atoms with E-state index in [9.17, 15) is 26.4 Å². The number of aryl methyl sites for hydroxylation is 1. The van der Waals surface area contributed by atoms with Gasteiger partial charge in [0.05, 0.1) is 46.9 Å². The van der Waals surface area contributed by atoms with Gasteiger partial charge in [0.1, 0.15) is 5.82 Å². The van der Waals surface area contributed by atoms with Gasteiger partial charge in [-0.3, -0.25) is 0 Å². The van der Waals surface area contributed by atoms with Crippen LogP contribution in [0.3, 0.4) is 0 Å². The SMILES string of the molecule is CC(C)OC(=O)NC1CCC(c2ncc(-c3ccc(Nc4ncc[nH]4)cc3S(=O)(=O)N(C)C)s2)CC1.CC(C)OC(=O)NC1CCC(c2ncc(Br)s2)CC1.Cc1ccc(Cc2ncc[nH]2)cc1S(=O)(=O)N(C)C. The maximum absolute atomic E-state index is 13.2. The standard InChI is InChI=1S/C24H32N6O4S2.C13H19BrN2O2S.C13H17N3O2S/c1-15(2)34-24(31)29-17-7-5-16(6-8-17)22-27-14-20(35-22)19-10-9-18(28-23-25-11-12-26-23)13-21(19)36(32,33)30(3)4;1-8(2)18-13(17)16-10-5-3-9(4-6-10)12-15-7-11(14)19-12;1-10-4-5-11(9-13-14-6-7-15-13)8-12(10)19(17,18)16(2)3/h9-17H,5-8H2,1-4H3,(H,29,31)(H2,25,26,28);7-10H,3-6H2,1-2H3,(H,16,17);4-8H,9H2,1-3H3,(H,14,15). The molecule has 2 aliphatic carbocycles. The molecule has 0 bridgehead atoms. The monoisotopic (exact) mass is 1160 g/mol. The molecule has 2 fully saturated rings. The van der Waals surface area contributed by atoms with Crippen LogP contribution >= 0.6 is 38.6 Å². The van der Waals surface area contributed by atoms with Gasteiger partial charge in [-0.2, -0.15) is 0 Å². The van der Waals surface area contributed by atoms with Crippen molar-refractivity contribution in [3.05, 3.63) is 104 Å². The number of aromatic nitrogens is 6. The van der Waals surface area contributed by atoms with Crippen LogP contribution in [0.1, 0.15) is 118 Å². The Balaban J connectivity index is 0.000000198. The predicted molar refractivity (Wildman–Crippen MR) is 293 cm³/mol. The van der Waals surface area contributed by atoms with E-state index in [1.54, 1.807) is 67.4 Å². The number of amides is 2. The molecule has 4 heterocycles.